The van der Waals surface area contributed by atoms with Gasteiger partial charge in [0, 0.05) is 28.2 Å². The molecule has 0 saturated carbocycles. The van der Waals surface area contributed by atoms with Crippen molar-refractivity contribution >= 4 is 34.0 Å². The Bertz CT molecular complexity index is 538. The third-order valence-corrected chi connectivity index (χ3v) is 3.42. The van der Waals surface area contributed by atoms with Crippen LogP contribution in [-0.2, 0) is 0 Å². The van der Waals surface area contributed by atoms with Crippen molar-refractivity contribution in [3.05, 3.63) is 31.4 Å². The van der Waals surface area contributed by atoms with Crippen molar-refractivity contribution in [2.75, 3.05) is 18.5 Å². The maximum Gasteiger partial charge on any atom is 0.294 e. The van der Waals surface area contributed by atoms with Crippen LogP contribution in [0.25, 0.3) is 0 Å². The third-order valence-electron chi connectivity index (χ3n) is 2.57. The molecule has 0 aliphatic carbocycles. The molecule has 6 nitrogen and oxygen atoms in total. The Hall–Kier alpha value is -1.40. The van der Waals surface area contributed by atoms with Gasteiger partial charge in [-0.15, -0.1) is 0 Å². The van der Waals surface area contributed by atoms with Gasteiger partial charge in [0.1, 0.15) is 5.69 Å². The van der Waals surface area contributed by atoms with Crippen molar-refractivity contribution in [3.63, 3.8) is 0 Å². The van der Waals surface area contributed by atoms with Crippen LogP contribution >= 0.6 is 22.6 Å². The van der Waals surface area contributed by atoms with E-state index in [9.17, 15) is 15.2 Å². The quantitative estimate of drug-likeness (QED) is 0.468. The lowest BCUT2D eigenvalue weighted by molar-refractivity contribution is -0.384. The highest BCUT2D eigenvalue weighted by atomic mass is 127. The van der Waals surface area contributed by atoms with E-state index in [1.165, 1.54) is 6.07 Å². The van der Waals surface area contributed by atoms with Gasteiger partial charge >= 0.3 is 0 Å². The van der Waals surface area contributed by atoms with Gasteiger partial charge in [0.05, 0.1) is 16.6 Å². The van der Waals surface area contributed by atoms with Gasteiger partial charge in [0.25, 0.3) is 5.69 Å². The normalized spacial score (nSPS) is 10.9. The van der Waals surface area contributed by atoms with Crippen LogP contribution in [0.2, 0.25) is 0 Å². The number of halogens is 1. The van der Waals surface area contributed by atoms with Gasteiger partial charge in [-0.1, -0.05) is 13.8 Å². The average Bonchev–Trinajstić information content (AvgIpc) is 2.36. The van der Waals surface area contributed by atoms with Crippen LogP contribution in [0, 0.1) is 30.4 Å². The average molecular weight is 375 g/mol. The van der Waals surface area contributed by atoms with Crippen LogP contribution in [-0.4, -0.2) is 23.2 Å². The number of nitriles is 1. The minimum atomic E-state index is -0.517. The topological polar surface area (TPSA) is 99.2 Å². The maximum absolute atomic E-state index is 11.0. The Balaban J connectivity index is 3.13. The fourth-order valence-electron chi connectivity index (χ4n) is 1.36. The molecule has 1 rings (SSSR count). The van der Waals surface area contributed by atoms with E-state index in [1.807, 2.05) is 42.5 Å². The largest absolute Gasteiger partial charge is 0.396 e. The highest BCUT2D eigenvalue weighted by Gasteiger charge is 2.22. The number of hydrogen-bond acceptors (Lipinski definition) is 5. The van der Waals surface area contributed by atoms with E-state index in [0.29, 0.717) is 15.8 Å². The molecule has 2 N–H and O–H groups in total. The van der Waals surface area contributed by atoms with Crippen LogP contribution < -0.4 is 5.32 Å². The van der Waals surface area contributed by atoms with Gasteiger partial charge in [-0.2, -0.15) is 5.26 Å². The van der Waals surface area contributed by atoms with Crippen molar-refractivity contribution in [1.29, 1.82) is 5.26 Å². The Labute approximate surface area is 124 Å². The number of nitrogens with one attached hydrogen (secondary N) is 1. The predicted octanol–water partition coefficient (Wildman–Crippen LogP) is 2.50. The first kappa shape index (κ1) is 15.7. The van der Waals surface area contributed by atoms with E-state index in [2.05, 4.69) is 5.32 Å². The molecule has 0 aliphatic heterocycles. The number of nitrogens with zero attached hydrogens (tertiary/aromatic N) is 2. The number of nitro groups is 1. The lowest BCUT2D eigenvalue weighted by Gasteiger charge is -2.23. The standard InChI is InChI=1S/C12H14IN3O3/c1-12(2,7-17)6-15-11-9(13)3-8(5-14)4-10(11)16(18)19/h3-4,15,17H,6-7H2,1-2H3. The molecule has 1 aromatic carbocycles. The summed E-state index contributed by atoms with van der Waals surface area (Å²) in [5.41, 5.74) is 0.122. The summed E-state index contributed by atoms with van der Waals surface area (Å²) in [6, 6.07) is 4.73. The number of aliphatic hydroxyl groups excluding tert-OH is 1. The van der Waals surface area contributed by atoms with Crippen LogP contribution in [0.15, 0.2) is 12.1 Å². The first-order valence-corrected chi connectivity index (χ1v) is 6.61. The molecule has 0 spiro atoms. The minimum absolute atomic E-state index is 0.0271. The molecule has 0 heterocycles. The zero-order valence-electron chi connectivity index (χ0n) is 10.6. The molecule has 0 bridgehead atoms. The summed E-state index contributed by atoms with van der Waals surface area (Å²) in [5, 5.41) is 32.0. The number of hydrogen-bond donors (Lipinski definition) is 2. The van der Waals surface area contributed by atoms with Gasteiger partial charge in [-0.05, 0) is 28.7 Å². The van der Waals surface area contributed by atoms with Crippen molar-refractivity contribution in [2.45, 2.75) is 13.8 Å². The molecule has 102 valence electrons. The third kappa shape index (κ3) is 4.04. The molecule has 1 aromatic rings. The fraction of sp³-hybridized carbons (Fsp3) is 0.417. The maximum atomic E-state index is 11.0. The van der Waals surface area contributed by atoms with Crippen molar-refractivity contribution < 1.29 is 10.0 Å². The lowest BCUT2D eigenvalue weighted by atomic mass is 9.95. The highest BCUT2D eigenvalue weighted by molar-refractivity contribution is 14.1. The molecule has 0 radical (unpaired) electrons. The summed E-state index contributed by atoms with van der Waals surface area (Å²) in [4.78, 5) is 10.5. The van der Waals surface area contributed by atoms with E-state index in [-0.39, 0.29) is 23.3 Å². The van der Waals surface area contributed by atoms with E-state index in [1.54, 1.807) is 6.07 Å². The molecular formula is C12H14IN3O3. The molecule has 7 heteroatoms. The van der Waals surface area contributed by atoms with Gasteiger partial charge in [0.15, 0.2) is 0 Å². The smallest absolute Gasteiger partial charge is 0.294 e. The SMILES string of the molecule is CC(C)(CO)CNc1c(I)cc(C#N)cc1[N+](=O)[O-]. The fourth-order valence-corrected chi connectivity index (χ4v) is 2.16. The Morgan fingerprint density at radius 3 is 2.68 bits per heavy atom. The molecule has 0 saturated heterocycles. The van der Waals surface area contributed by atoms with Gasteiger partial charge in [-0.25, -0.2) is 0 Å². The molecule has 19 heavy (non-hydrogen) atoms. The second kappa shape index (κ2) is 6.16. The van der Waals surface area contributed by atoms with Crippen molar-refractivity contribution in [2.24, 2.45) is 5.41 Å². The summed E-state index contributed by atoms with van der Waals surface area (Å²) in [6.07, 6.45) is 0. The Morgan fingerprint density at radius 1 is 1.58 bits per heavy atom. The van der Waals surface area contributed by atoms with Gasteiger partial charge < -0.3 is 10.4 Å². The minimum Gasteiger partial charge on any atom is -0.396 e. The lowest BCUT2D eigenvalue weighted by Crippen LogP contribution is -2.27. The van der Waals surface area contributed by atoms with Crippen LogP contribution in [0.3, 0.4) is 0 Å². The molecule has 0 amide bonds. The second-order valence-electron chi connectivity index (χ2n) is 4.90. The molecule has 0 unspecified atom stereocenters. The van der Waals surface area contributed by atoms with E-state index in [0.717, 1.165) is 0 Å². The zero-order chi connectivity index (χ0) is 14.6. The monoisotopic (exact) mass is 375 g/mol. The van der Waals surface area contributed by atoms with Crippen molar-refractivity contribution in [3.8, 4) is 6.07 Å². The number of rotatable bonds is 5. The summed E-state index contributed by atoms with van der Waals surface area (Å²) >= 11 is 1.95. The summed E-state index contributed by atoms with van der Waals surface area (Å²) in [5.74, 6) is 0. The van der Waals surface area contributed by atoms with Crippen LogP contribution in [0.4, 0.5) is 11.4 Å². The Kier molecular flexibility index (Phi) is 5.08. The second-order valence-corrected chi connectivity index (χ2v) is 6.06. The number of aliphatic hydroxyl groups is 1. The number of anilines is 1. The predicted molar refractivity (Wildman–Crippen MR) is 79.9 cm³/mol. The molecule has 0 aromatic heterocycles. The van der Waals surface area contributed by atoms with E-state index < -0.39 is 4.92 Å². The zero-order valence-corrected chi connectivity index (χ0v) is 12.8. The van der Waals surface area contributed by atoms with Gasteiger partial charge in [-0.3, -0.25) is 10.1 Å². The Morgan fingerprint density at radius 2 is 2.21 bits per heavy atom. The van der Waals surface area contributed by atoms with Crippen molar-refractivity contribution in [1.82, 2.24) is 0 Å². The van der Waals surface area contributed by atoms with E-state index >= 15 is 0 Å². The number of nitro benzene ring substituents is 1. The summed E-state index contributed by atoms with van der Waals surface area (Å²) < 4.78 is 0.608. The highest BCUT2D eigenvalue weighted by Crippen LogP contribution is 2.32. The molecule has 0 fully saturated rings. The van der Waals surface area contributed by atoms with Crippen LogP contribution in [0.1, 0.15) is 19.4 Å². The summed E-state index contributed by atoms with van der Waals surface area (Å²) in [7, 11) is 0. The molecule has 0 aliphatic rings. The first-order valence-electron chi connectivity index (χ1n) is 5.53. The molecule has 0 atom stereocenters. The van der Waals surface area contributed by atoms with Gasteiger partial charge in [0.2, 0.25) is 0 Å². The number of benzene rings is 1. The van der Waals surface area contributed by atoms with E-state index in [4.69, 9.17) is 5.26 Å². The summed E-state index contributed by atoms with van der Waals surface area (Å²) in [6.45, 7) is 4.07. The first-order chi connectivity index (χ1) is 8.80. The molecular weight excluding hydrogens is 361 g/mol. The van der Waals surface area contributed by atoms with Crippen LogP contribution in [0.5, 0.6) is 0 Å².